The van der Waals surface area contributed by atoms with Crippen LogP contribution in [0.3, 0.4) is 0 Å². The number of methoxy groups -OCH3 is 1. The Kier molecular flexibility index (Phi) is 4.99. The molecule has 1 unspecified atom stereocenters. The van der Waals surface area contributed by atoms with Gasteiger partial charge in [-0.15, -0.1) is 0 Å². The Morgan fingerprint density at radius 1 is 0.947 bits per heavy atom. The Morgan fingerprint density at radius 2 is 1.63 bits per heavy atom. The third kappa shape index (κ3) is 4.42. The molecule has 2 rings (SSSR count). The molecular formula is C17H22NO+. The van der Waals surface area contributed by atoms with E-state index in [0.29, 0.717) is 6.04 Å². The molecule has 1 atom stereocenters. The lowest BCUT2D eigenvalue weighted by Crippen LogP contribution is -2.88. The van der Waals surface area contributed by atoms with E-state index in [9.17, 15) is 0 Å². The number of hydrogen-bond acceptors (Lipinski definition) is 1. The van der Waals surface area contributed by atoms with E-state index >= 15 is 0 Å². The van der Waals surface area contributed by atoms with Crippen molar-refractivity contribution in [2.24, 2.45) is 0 Å². The van der Waals surface area contributed by atoms with Gasteiger partial charge < -0.3 is 10.1 Å². The van der Waals surface area contributed by atoms with Crippen molar-refractivity contribution in [1.29, 1.82) is 0 Å². The average Bonchev–Trinajstić information content (AvgIpc) is 2.47. The lowest BCUT2D eigenvalue weighted by molar-refractivity contribution is -0.701. The maximum absolute atomic E-state index is 5.17. The third-order valence-electron chi connectivity index (χ3n) is 3.32. The fraction of sp³-hybridized carbons (Fsp3) is 0.294. The van der Waals surface area contributed by atoms with Crippen molar-refractivity contribution in [2.75, 3.05) is 7.11 Å². The first kappa shape index (κ1) is 13.6. The summed E-state index contributed by atoms with van der Waals surface area (Å²) >= 11 is 0. The molecule has 0 saturated carbocycles. The molecular weight excluding hydrogens is 234 g/mol. The van der Waals surface area contributed by atoms with Crippen LogP contribution in [0.25, 0.3) is 0 Å². The lowest BCUT2D eigenvalue weighted by Gasteiger charge is -2.11. The quantitative estimate of drug-likeness (QED) is 0.843. The molecule has 0 heterocycles. The molecule has 0 aliphatic heterocycles. The van der Waals surface area contributed by atoms with Gasteiger partial charge in [0, 0.05) is 12.0 Å². The standard InChI is InChI=1S/C17H21NO/c1-14(18-13-16-6-4-3-5-7-16)12-15-8-10-17(19-2)11-9-15/h3-11,14,18H,12-13H2,1-2H3/p+1. The van der Waals surface area contributed by atoms with Crippen LogP contribution < -0.4 is 10.1 Å². The Hall–Kier alpha value is -1.80. The fourth-order valence-electron chi connectivity index (χ4n) is 2.17. The molecule has 19 heavy (non-hydrogen) atoms. The first-order valence-electron chi connectivity index (χ1n) is 6.78. The normalized spacial score (nSPS) is 12.1. The van der Waals surface area contributed by atoms with E-state index in [4.69, 9.17) is 4.74 Å². The molecule has 0 aromatic heterocycles. The molecule has 0 saturated heterocycles. The highest BCUT2D eigenvalue weighted by Crippen LogP contribution is 2.12. The maximum Gasteiger partial charge on any atom is 0.118 e. The van der Waals surface area contributed by atoms with Gasteiger partial charge in [-0.3, -0.25) is 0 Å². The maximum atomic E-state index is 5.17. The summed E-state index contributed by atoms with van der Waals surface area (Å²) in [4.78, 5) is 0. The van der Waals surface area contributed by atoms with E-state index in [1.165, 1.54) is 11.1 Å². The van der Waals surface area contributed by atoms with Gasteiger partial charge in [0.25, 0.3) is 0 Å². The largest absolute Gasteiger partial charge is 0.497 e. The van der Waals surface area contributed by atoms with Gasteiger partial charge in [-0.25, -0.2) is 0 Å². The van der Waals surface area contributed by atoms with Crippen LogP contribution >= 0.6 is 0 Å². The first-order valence-corrected chi connectivity index (χ1v) is 6.78. The number of benzene rings is 2. The molecule has 0 radical (unpaired) electrons. The van der Waals surface area contributed by atoms with Crippen molar-refractivity contribution in [3.8, 4) is 5.75 Å². The van der Waals surface area contributed by atoms with Crippen molar-refractivity contribution < 1.29 is 10.1 Å². The highest BCUT2D eigenvalue weighted by molar-refractivity contribution is 5.27. The summed E-state index contributed by atoms with van der Waals surface area (Å²) in [6.07, 6.45) is 1.08. The first-order chi connectivity index (χ1) is 9.28. The minimum absolute atomic E-state index is 0.577. The SMILES string of the molecule is COc1ccc(CC(C)[NH2+]Cc2ccccc2)cc1. The minimum Gasteiger partial charge on any atom is -0.497 e. The van der Waals surface area contributed by atoms with Gasteiger partial charge >= 0.3 is 0 Å². The second kappa shape index (κ2) is 6.95. The number of rotatable bonds is 6. The molecule has 0 spiro atoms. The monoisotopic (exact) mass is 256 g/mol. The van der Waals surface area contributed by atoms with E-state index in [2.05, 4.69) is 54.7 Å². The topological polar surface area (TPSA) is 25.8 Å². The lowest BCUT2D eigenvalue weighted by atomic mass is 10.1. The molecule has 2 aromatic carbocycles. The molecule has 2 N–H and O–H groups in total. The van der Waals surface area contributed by atoms with Gasteiger partial charge in [0.1, 0.15) is 12.3 Å². The van der Waals surface area contributed by atoms with E-state index in [1.54, 1.807) is 7.11 Å². The van der Waals surface area contributed by atoms with Crippen LogP contribution in [0.2, 0.25) is 0 Å². The predicted octanol–water partition coefficient (Wildman–Crippen LogP) is 2.39. The predicted molar refractivity (Wildman–Crippen MR) is 78.2 cm³/mol. The number of hydrogen-bond donors (Lipinski definition) is 1. The number of ether oxygens (including phenoxy) is 1. The molecule has 2 aromatic rings. The van der Waals surface area contributed by atoms with E-state index in [1.807, 2.05) is 12.1 Å². The summed E-state index contributed by atoms with van der Waals surface area (Å²) in [5, 5.41) is 2.39. The summed E-state index contributed by atoms with van der Waals surface area (Å²) in [6.45, 7) is 3.31. The van der Waals surface area contributed by atoms with Gasteiger partial charge in [-0.1, -0.05) is 42.5 Å². The van der Waals surface area contributed by atoms with Crippen LogP contribution in [0.15, 0.2) is 54.6 Å². The van der Waals surface area contributed by atoms with E-state index in [-0.39, 0.29) is 0 Å². The zero-order chi connectivity index (χ0) is 13.5. The van der Waals surface area contributed by atoms with Gasteiger partial charge in [-0.2, -0.15) is 0 Å². The van der Waals surface area contributed by atoms with Crippen LogP contribution in [0.4, 0.5) is 0 Å². The van der Waals surface area contributed by atoms with Crippen LogP contribution in [0.5, 0.6) is 5.75 Å². The highest BCUT2D eigenvalue weighted by atomic mass is 16.5. The molecule has 0 fully saturated rings. The average molecular weight is 256 g/mol. The van der Waals surface area contributed by atoms with Crippen LogP contribution in [0.1, 0.15) is 18.1 Å². The number of nitrogens with two attached hydrogens (primary N) is 1. The molecule has 0 amide bonds. The van der Waals surface area contributed by atoms with Crippen molar-refractivity contribution in [3.05, 3.63) is 65.7 Å². The second-order valence-corrected chi connectivity index (χ2v) is 4.95. The smallest absolute Gasteiger partial charge is 0.118 e. The Morgan fingerprint density at radius 3 is 2.26 bits per heavy atom. The molecule has 2 heteroatoms. The van der Waals surface area contributed by atoms with Crippen molar-refractivity contribution in [3.63, 3.8) is 0 Å². The van der Waals surface area contributed by atoms with Crippen molar-refractivity contribution in [1.82, 2.24) is 0 Å². The molecule has 0 aliphatic rings. The van der Waals surface area contributed by atoms with Crippen molar-refractivity contribution in [2.45, 2.75) is 25.9 Å². The second-order valence-electron chi connectivity index (χ2n) is 4.95. The zero-order valence-corrected chi connectivity index (χ0v) is 11.7. The Balaban J connectivity index is 1.82. The fourth-order valence-corrected chi connectivity index (χ4v) is 2.17. The molecule has 0 bridgehead atoms. The molecule has 100 valence electrons. The minimum atomic E-state index is 0.577. The Labute approximate surface area is 115 Å². The van der Waals surface area contributed by atoms with Crippen LogP contribution in [-0.2, 0) is 13.0 Å². The summed E-state index contributed by atoms with van der Waals surface area (Å²) in [6, 6.07) is 19.5. The summed E-state index contributed by atoms with van der Waals surface area (Å²) < 4.78 is 5.17. The zero-order valence-electron chi connectivity index (χ0n) is 11.7. The van der Waals surface area contributed by atoms with Gasteiger partial charge in [-0.05, 0) is 24.6 Å². The van der Waals surface area contributed by atoms with Crippen LogP contribution in [-0.4, -0.2) is 13.2 Å². The molecule has 2 nitrogen and oxygen atoms in total. The summed E-state index contributed by atoms with van der Waals surface area (Å²) in [5.74, 6) is 0.921. The Bertz CT molecular complexity index is 478. The third-order valence-corrected chi connectivity index (χ3v) is 3.32. The summed E-state index contributed by atoms with van der Waals surface area (Å²) in [7, 11) is 1.70. The summed E-state index contributed by atoms with van der Waals surface area (Å²) in [5.41, 5.74) is 2.74. The van der Waals surface area contributed by atoms with Crippen LogP contribution in [0, 0.1) is 0 Å². The van der Waals surface area contributed by atoms with Gasteiger partial charge in [0.05, 0.1) is 13.2 Å². The molecule has 0 aliphatic carbocycles. The van der Waals surface area contributed by atoms with E-state index in [0.717, 1.165) is 18.7 Å². The van der Waals surface area contributed by atoms with Gasteiger partial charge in [0.15, 0.2) is 0 Å². The number of quaternary nitrogens is 1. The highest BCUT2D eigenvalue weighted by Gasteiger charge is 2.06. The van der Waals surface area contributed by atoms with Crippen molar-refractivity contribution >= 4 is 0 Å². The van der Waals surface area contributed by atoms with Gasteiger partial charge in [0.2, 0.25) is 0 Å². The van der Waals surface area contributed by atoms with E-state index < -0.39 is 0 Å².